The monoisotopic (exact) mass is 145 g/mol. The molecule has 11 heavy (non-hydrogen) atoms. The van der Waals surface area contributed by atoms with Crippen LogP contribution < -0.4 is 0 Å². The summed E-state index contributed by atoms with van der Waals surface area (Å²) in [6.45, 7) is 3.87. The van der Waals surface area contributed by atoms with Gasteiger partial charge in [0.25, 0.3) is 0 Å². The first kappa shape index (κ1) is 6.47. The zero-order valence-electron chi connectivity index (χ0n) is 6.16. The van der Waals surface area contributed by atoms with Crippen LogP contribution in [0.1, 0.15) is 17.2 Å². The fourth-order valence-electron chi connectivity index (χ4n) is 1.24. The summed E-state index contributed by atoms with van der Waals surface area (Å²) in [5, 5.41) is 0. The molecule has 1 unspecified atom stereocenters. The number of ether oxygens (including phenoxy) is 1. The Balaban J connectivity index is 2.54. The van der Waals surface area contributed by atoms with Crippen molar-refractivity contribution in [2.75, 3.05) is 0 Å². The van der Waals surface area contributed by atoms with Gasteiger partial charge in [-0.15, -0.1) is 0 Å². The molecule has 0 bridgehead atoms. The first-order chi connectivity index (χ1) is 5.38. The van der Waals surface area contributed by atoms with Gasteiger partial charge in [-0.25, -0.2) is 0 Å². The van der Waals surface area contributed by atoms with Crippen molar-refractivity contribution < 1.29 is 4.74 Å². The van der Waals surface area contributed by atoms with Crippen molar-refractivity contribution in [1.82, 2.24) is 0 Å². The average Bonchev–Trinajstić information content (AvgIpc) is 2.06. The number of fused-ring (bicyclic) bond motifs is 1. The second kappa shape index (κ2) is 2.42. The molecule has 1 heterocycles. The second-order valence-corrected chi connectivity index (χ2v) is 2.56. The summed E-state index contributed by atoms with van der Waals surface area (Å²) in [4.78, 5) is 0. The molecule has 1 radical (unpaired) electrons. The fraction of sp³-hybridized carbons (Fsp3) is 0.100. The lowest BCUT2D eigenvalue weighted by atomic mass is 10.0. The number of hydrogen-bond donors (Lipinski definition) is 0. The topological polar surface area (TPSA) is 9.23 Å². The lowest BCUT2D eigenvalue weighted by Crippen LogP contribution is -2.01. The molecule has 1 aliphatic heterocycles. The highest BCUT2D eigenvalue weighted by atomic mass is 16.5. The third-order valence-electron chi connectivity index (χ3n) is 1.83. The minimum atomic E-state index is -0.0452. The molecule has 55 valence electrons. The minimum Gasteiger partial charge on any atom is -0.493 e. The van der Waals surface area contributed by atoms with E-state index < -0.39 is 0 Å². The molecule has 2 rings (SSSR count). The maximum absolute atomic E-state index is 5.21. The summed E-state index contributed by atoms with van der Waals surface area (Å²) in [6, 6.07) is 8.11. The summed E-state index contributed by atoms with van der Waals surface area (Å²) < 4.78 is 5.21. The van der Waals surface area contributed by atoms with Crippen molar-refractivity contribution >= 4 is 6.08 Å². The highest BCUT2D eigenvalue weighted by Crippen LogP contribution is 2.25. The van der Waals surface area contributed by atoms with E-state index in [1.54, 1.807) is 6.26 Å². The van der Waals surface area contributed by atoms with Gasteiger partial charge in [-0.2, -0.15) is 0 Å². The fourth-order valence-corrected chi connectivity index (χ4v) is 1.24. The molecule has 1 aromatic rings. The molecule has 0 aromatic heterocycles. The van der Waals surface area contributed by atoms with Crippen molar-refractivity contribution in [2.45, 2.75) is 6.10 Å². The zero-order valence-corrected chi connectivity index (χ0v) is 6.16. The molecule has 0 amide bonds. The van der Waals surface area contributed by atoms with Crippen LogP contribution in [0.15, 0.2) is 30.5 Å². The number of hydrogen-bond acceptors (Lipinski definition) is 1. The molecule has 0 spiro atoms. The van der Waals surface area contributed by atoms with Gasteiger partial charge in [0.1, 0.15) is 6.10 Å². The van der Waals surface area contributed by atoms with Crippen LogP contribution in [-0.4, -0.2) is 0 Å². The highest BCUT2D eigenvalue weighted by Gasteiger charge is 2.11. The summed E-state index contributed by atoms with van der Waals surface area (Å²) in [5.41, 5.74) is 2.37. The predicted molar refractivity (Wildman–Crippen MR) is 44.7 cm³/mol. The van der Waals surface area contributed by atoms with Crippen molar-refractivity contribution in [3.63, 3.8) is 0 Å². The van der Waals surface area contributed by atoms with Crippen molar-refractivity contribution in [1.29, 1.82) is 0 Å². The Morgan fingerprint density at radius 3 is 2.91 bits per heavy atom. The van der Waals surface area contributed by atoms with Crippen LogP contribution in [0.3, 0.4) is 0 Å². The van der Waals surface area contributed by atoms with Gasteiger partial charge in [0.05, 0.1) is 6.26 Å². The number of rotatable bonds is 0. The van der Waals surface area contributed by atoms with Gasteiger partial charge in [0.15, 0.2) is 0 Å². The zero-order chi connectivity index (χ0) is 7.68. The van der Waals surface area contributed by atoms with Gasteiger partial charge in [0.2, 0.25) is 0 Å². The summed E-state index contributed by atoms with van der Waals surface area (Å²) in [5.74, 6) is 0. The van der Waals surface area contributed by atoms with Crippen LogP contribution >= 0.6 is 0 Å². The molecule has 1 aromatic carbocycles. The van der Waals surface area contributed by atoms with Crippen molar-refractivity contribution in [2.24, 2.45) is 0 Å². The molecular weight excluding hydrogens is 136 g/mol. The van der Waals surface area contributed by atoms with Crippen LogP contribution in [0.2, 0.25) is 0 Å². The Kier molecular flexibility index (Phi) is 1.42. The quantitative estimate of drug-likeness (QED) is 0.545. The number of benzene rings is 1. The van der Waals surface area contributed by atoms with Gasteiger partial charge in [-0.1, -0.05) is 24.3 Å². The minimum absolute atomic E-state index is 0.0452. The lowest BCUT2D eigenvalue weighted by molar-refractivity contribution is 0.185. The van der Waals surface area contributed by atoms with E-state index in [4.69, 9.17) is 4.74 Å². The van der Waals surface area contributed by atoms with Crippen LogP contribution in [0, 0.1) is 6.92 Å². The average molecular weight is 145 g/mol. The van der Waals surface area contributed by atoms with E-state index in [0.717, 1.165) is 5.56 Å². The molecule has 0 saturated carbocycles. The molecule has 1 heteroatoms. The molecule has 0 saturated heterocycles. The Bertz CT molecular complexity index is 289. The Hall–Kier alpha value is -1.24. The molecule has 0 aliphatic carbocycles. The Morgan fingerprint density at radius 2 is 2.09 bits per heavy atom. The van der Waals surface area contributed by atoms with Gasteiger partial charge in [-0.3, -0.25) is 0 Å². The van der Waals surface area contributed by atoms with E-state index in [1.807, 2.05) is 24.3 Å². The van der Waals surface area contributed by atoms with Crippen LogP contribution in [0.5, 0.6) is 0 Å². The van der Waals surface area contributed by atoms with Gasteiger partial charge in [0, 0.05) is 0 Å². The SMILES string of the molecule is [CH2]C1OC=Cc2ccccc21. The largest absolute Gasteiger partial charge is 0.493 e. The van der Waals surface area contributed by atoms with E-state index >= 15 is 0 Å². The van der Waals surface area contributed by atoms with E-state index in [1.165, 1.54) is 5.56 Å². The first-order valence-corrected chi connectivity index (χ1v) is 3.62. The summed E-state index contributed by atoms with van der Waals surface area (Å²) >= 11 is 0. The summed E-state index contributed by atoms with van der Waals surface area (Å²) in [6.07, 6.45) is 3.60. The second-order valence-electron chi connectivity index (χ2n) is 2.56. The summed E-state index contributed by atoms with van der Waals surface area (Å²) in [7, 11) is 0. The van der Waals surface area contributed by atoms with E-state index in [2.05, 4.69) is 13.0 Å². The van der Waals surface area contributed by atoms with Crippen LogP contribution in [0.25, 0.3) is 6.08 Å². The smallest absolute Gasteiger partial charge is 0.124 e. The molecule has 0 N–H and O–H groups in total. The molecular formula is C10H9O. The molecule has 1 aliphatic rings. The van der Waals surface area contributed by atoms with Gasteiger partial charge in [-0.05, 0) is 24.1 Å². The predicted octanol–water partition coefficient (Wildman–Crippen LogP) is 2.56. The van der Waals surface area contributed by atoms with Gasteiger partial charge >= 0.3 is 0 Å². The first-order valence-electron chi connectivity index (χ1n) is 3.62. The Labute approximate surface area is 66.3 Å². The Morgan fingerprint density at radius 1 is 1.27 bits per heavy atom. The highest BCUT2D eigenvalue weighted by molar-refractivity contribution is 5.55. The van der Waals surface area contributed by atoms with Crippen molar-refractivity contribution in [3.8, 4) is 0 Å². The van der Waals surface area contributed by atoms with Crippen LogP contribution in [-0.2, 0) is 4.74 Å². The molecule has 0 fully saturated rings. The molecule has 1 atom stereocenters. The maximum atomic E-state index is 5.21. The van der Waals surface area contributed by atoms with Crippen LogP contribution in [0.4, 0.5) is 0 Å². The van der Waals surface area contributed by atoms with E-state index in [9.17, 15) is 0 Å². The standard InChI is InChI=1S/C10H9O/c1-8-10-5-3-2-4-9(10)6-7-11-8/h2-8H,1H2. The normalized spacial score (nSPS) is 20.6. The molecule has 1 nitrogen and oxygen atoms in total. The van der Waals surface area contributed by atoms with Gasteiger partial charge < -0.3 is 4.74 Å². The lowest BCUT2D eigenvalue weighted by Gasteiger charge is -2.18. The van der Waals surface area contributed by atoms with E-state index in [-0.39, 0.29) is 6.10 Å². The van der Waals surface area contributed by atoms with E-state index in [0.29, 0.717) is 0 Å². The third kappa shape index (κ3) is 1.03. The third-order valence-corrected chi connectivity index (χ3v) is 1.83. The van der Waals surface area contributed by atoms with Crippen molar-refractivity contribution in [3.05, 3.63) is 48.6 Å². The maximum Gasteiger partial charge on any atom is 0.124 e.